The monoisotopic (exact) mass is 407 g/mol. The second-order valence-corrected chi connectivity index (χ2v) is 8.24. The first kappa shape index (κ1) is 21.2. The number of hydrogen-bond donors (Lipinski definition) is 3. The zero-order valence-corrected chi connectivity index (χ0v) is 16.7. The predicted octanol–water partition coefficient (Wildman–Crippen LogP) is 4.03. The van der Waals surface area contributed by atoms with Crippen LogP contribution in [0.1, 0.15) is 42.7 Å². The summed E-state index contributed by atoms with van der Waals surface area (Å²) in [6, 6.07) is 14.7. The second-order valence-electron chi connectivity index (χ2n) is 7.48. The van der Waals surface area contributed by atoms with E-state index in [0.717, 1.165) is 43.4 Å². The lowest BCUT2D eigenvalue weighted by Gasteiger charge is -2.24. The van der Waals surface area contributed by atoms with Crippen molar-refractivity contribution in [2.24, 2.45) is 5.73 Å². The van der Waals surface area contributed by atoms with Crippen molar-refractivity contribution >= 4 is 8.60 Å². The molecule has 0 heterocycles. The van der Waals surface area contributed by atoms with Crippen LogP contribution >= 0.6 is 8.60 Å². The van der Waals surface area contributed by atoms with Crippen molar-refractivity contribution in [3.8, 4) is 5.75 Å². The highest BCUT2D eigenvalue weighted by atomic mass is 31.2. The average molecular weight is 407 g/mol. The molecule has 0 spiro atoms. The molecule has 28 heavy (non-hydrogen) atoms. The van der Waals surface area contributed by atoms with Crippen LogP contribution in [-0.2, 0) is 10.9 Å². The van der Waals surface area contributed by atoms with Crippen molar-refractivity contribution in [1.29, 1.82) is 0 Å². The molecule has 2 aromatic carbocycles. The Kier molecular flexibility index (Phi) is 7.38. The molecule has 2 atom stereocenters. The van der Waals surface area contributed by atoms with Crippen molar-refractivity contribution in [1.82, 2.24) is 0 Å². The maximum absolute atomic E-state index is 13.2. The lowest BCUT2D eigenvalue weighted by atomic mass is 9.94. The fourth-order valence-electron chi connectivity index (χ4n) is 3.75. The maximum Gasteiger partial charge on any atom is 0.327 e. The van der Waals surface area contributed by atoms with Crippen LogP contribution < -0.4 is 10.5 Å². The smallest absolute Gasteiger partial charge is 0.327 e. The standard InChI is InChI=1S/C21H27FNO4P/c22-19-5-1-3-16(13-19)4-2-12-26-20-8-6-17(7-9-20)18-10-11-21(23,14-18)15-27-28(24)25/h1,3,5-9,13,18,24-25H,2,4,10-12,14-15,23H2/t18?,21-/m1/s1. The summed E-state index contributed by atoms with van der Waals surface area (Å²) in [4.78, 5) is 17.8. The van der Waals surface area contributed by atoms with Gasteiger partial charge in [-0.25, -0.2) is 4.39 Å². The van der Waals surface area contributed by atoms with Crippen LogP contribution in [-0.4, -0.2) is 28.5 Å². The highest BCUT2D eigenvalue weighted by Crippen LogP contribution is 2.41. The number of hydrogen-bond acceptors (Lipinski definition) is 5. The summed E-state index contributed by atoms with van der Waals surface area (Å²) >= 11 is 0. The largest absolute Gasteiger partial charge is 0.494 e. The van der Waals surface area contributed by atoms with Gasteiger partial charge in [0.1, 0.15) is 11.6 Å². The number of halogens is 1. The Bertz CT molecular complexity index is 758. The second kappa shape index (κ2) is 9.77. The van der Waals surface area contributed by atoms with Crippen LogP contribution in [0.3, 0.4) is 0 Å². The minimum atomic E-state index is -2.36. The summed E-state index contributed by atoms with van der Waals surface area (Å²) in [7, 11) is -2.36. The van der Waals surface area contributed by atoms with Crippen LogP contribution in [0.15, 0.2) is 48.5 Å². The lowest BCUT2D eigenvalue weighted by Crippen LogP contribution is -2.41. The molecular formula is C21H27FNO4P. The molecule has 1 saturated carbocycles. The molecule has 5 nitrogen and oxygen atoms in total. The van der Waals surface area contributed by atoms with E-state index in [2.05, 4.69) is 12.1 Å². The minimum Gasteiger partial charge on any atom is -0.494 e. The topological polar surface area (TPSA) is 84.9 Å². The fraction of sp³-hybridized carbons (Fsp3) is 0.429. The first-order valence-electron chi connectivity index (χ1n) is 9.50. The molecule has 1 unspecified atom stereocenters. The van der Waals surface area contributed by atoms with E-state index in [-0.39, 0.29) is 12.4 Å². The molecule has 0 aromatic heterocycles. The lowest BCUT2D eigenvalue weighted by molar-refractivity contribution is 0.190. The molecule has 1 aliphatic carbocycles. The van der Waals surface area contributed by atoms with Gasteiger partial charge < -0.3 is 24.8 Å². The van der Waals surface area contributed by atoms with Crippen molar-refractivity contribution in [2.45, 2.75) is 43.6 Å². The zero-order valence-electron chi connectivity index (χ0n) is 15.8. The van der Waals surface area contributed by atoms with Gasteiger partial charge in [0.25, 0.3) is 0 Å². The predicted molar refractivity (Wildman–Crippen MR) is 107 cm³/mol. The molecule has 1 aliphatic rings. The highest BCUT2D eigenvalue weighted by molar-refractivity contribution is 7.39. The van der Waals surface area contributed by atoms with Gasteiger partial charge in [0.15, 0.2) is 0 Å². The van der Waals surface area contributed by atoms with Crippen LogP contribution in [0, 0.1) is 5.82 Å². The van der Waals surface area contributed by atoms with Gasteiger partial charge in [-0.15, -0.1) is 0 Å². The SMILES string of the molecule is N[C@]1(COP(O)O)CCC(c2ccc(OCCCc3cccc(F)c3)cc2)C1. The van der Waals surface area contributed by atoms with Gasteiger partial charge in [-0.05, 0) is 73.4 Å². The molecule has 3 rings (SSSR count). The van der Waals surface area contributed by atoms with Crippen LogP contribution in [0.2, 0.25) is 0 Å². The summed E-state index contributed by atoms with van der Waals surface area (Å²) in [6.07, 6.45) is 4.09. The molecule has 1 fully saturated rings. The number of benzene rings is 2. The van der Waals surface area contributed by atoms with Crippen LogP contribution in [0.5, 0.6) is 5.75 Å². The third-order valence-corrected chi connectivity index (χ3v) is 5.59. The number of ether oxygens (including phenoxy) is 1. The highest BCUT2D eigenvalue weighted by Gasteiger charge is 2.37. The summed E-state index contributed by atoms with van der Waals surface area (Å²) in [5, 5.41) is 0. The van der Waals surface area contributed by atoms with E-state index in [1.807, 2.05) is 18.2 Å². The van der Waals surface area contributed by atoms with Gasteiger partial charge in [0.2, 0.25) is 0 Å². The molecule has 152 valence electrons. The van der Waals surface area contributed by atoms with E-state index in [9.17, 15) is 4.39 Å². The molecular weight excluding hydrogens is 380 g/mol. The van der Waals surface area contributed by atoms with E-state index in [4.69, 9.17) is 24.8 Å². The molecule has 0 bridgehead atoms. The Labute approximate surface area is 166 Å². The van der Waals surface area contributed by atoms with E-state index in [0.29, 0.717) is 12.5 Å². The molecule has 0 radical (unpaired) electrons. The number of rotatable bonds is 9. The molecule has 0 amide bonds. The quantitative estimate of drug-likeness (QED) is 0.432. The maximum atomic E-state index is 13.2. The van der Waals surface area contributed by atoms with Crippen molar-refractivity contribution in [2.75, 3.05) is 13.2 Å². The molecule has 7 heteroatoms. The van der Waals surface area contributed by atoms with Crippen LogP contribution in [0.4, 0.5) is 4.39 Å². The van der Waals surface area contributed by atoms with Crippen molar-refractivity contribution in [3.63, 3.8) is 0 Å². The molecule has 0 saturated heterocycles. The van der Waals surface area contributed by atoms with E-state index < -0.39 is 14.1 Å². The van der Waals surface area contributed by atoms with E-state index in [1.54, 1.807) is 12.1 Å². The summed E-state index contributed by atoms with van der Waals surface area (Å²) in [6.45, 7) is 0.739. The Morgan fingerprint density at radius 3 is 2.68 bits per heavy atom. The molecule has 0 aliphatic heterocycles. The van der Waals surface area contributed by atoms with Gasteiger partial charge >= 0.3 is 8.60 Å². The van der Waals surface area contributed by atoms with E-state index >= 15 is 0 Å². The number of aryl methyl sites for hydroxylation is 1. The van der Waals surface area contributed by atoms with Gasteiger partial charge in [0.05, 0.1) is 13.2 Å². The first-order chi connectivity index (χ1) is 13.4. The third kappa shape index (κ3) is 6.23. The number of nitrogens with two attached hydrogens (primary N) is 1. The Morgan fingerprint density at radius 2 is 1.96 bits per heavy atom. The Hall–Kier alpha value is -1.56. The molecule has 4 N–H and O–H groups in total. The first-order valence-corrected chi connectivity index (χ1v) is 10.7. The van der Waals surface area contributed by atoms with Crippen LogP contribution in [0.25, 0.3) is 0 Å². The van der Waals surface area contributed by atoms with Crippen molar-refractivity contribution < 1.29 is 23.4 Å². The average Bonchev–Trinajstić information content (AvgIpc) is 3.07. The van der Waals surface area contributed by atoms with Gasteiger partial charge in [0, 0.05) is 5.54 Å². The van der Waals surface area contributed by atoms with E-state index in [1.165, 1.54) is 11.6 Å². The van der Waals surface area contributed by atoms with Gasteiger partial charge in [-0.1, -0.05) is 24.3 Å². The molecule has 2 aromatic rings. The Morgan fingerprint density at radius 1 is 1.18 bits per heavy atom. The zero-order chi connectivity index (χ0) is 20.0. The van der Waals surface area contributed by atoms with Crippen molar-refractivity contribution in [3.05, 3.63) is 65.5 Å². The van der Waals surface area contributed by atoms with Gasteiger partial charge in [-0.3, -0.25) is 0 Å². The summed E-state index contributed by atoms with van der Waals surface area (Å²) < 4.78 is 23.9. The Balaban J connectivity index is 1.43. The van der Waals surface area contributed by atoms with Gasteiger partial charge in [-0.2, -0.15) is 0 Å². The summed E-state index contributed by atoms with van der Waals surface area (Å²) in [5.74, 6) is 0.941. The summed E-state index contributed by atoms with van der Waals surface area (Å²) in [5.41, 5.74) is 7.99. The fourth-order valence-corrected chi connectivity index (χ4v) is 4.13. The minimum absolute atomic E-state index is 0.161. The normalized spacial score (nSPS) is 22.0. The third-order valence-electron chi connectivity index (χ3n) is 5.23.